The smallest absolute Gasteiger partial charge is 0.228 e. The van der Waals surface area contributed by atoms with Crippen LogP contribution in [0.3, 0.4) is 0 Å². The number of furan rings is 1. The van der Waals surface area contributed by atoms with E-state index in [4.69, 9.17) is 13.9 Å². The van der Waals surface area contributed by atoms with Crippen molar-refractivity contribution in [3.8, 4) is 11.5 Å². The van der Waals surface area contributed by atoms with Gasteiger partial charge >= 0.3 is 0 Å². The van der Waals surface area contributed by atoms with Crippen molar-refractivity contribution in [2.45, 2.75) is 19.8 Å². The van der Waals surface area contributed by atoms with Crippen LogP contribution in [-0.4, -0.2) is 20.1 Å². The lowest BCUT2D eigenvalue weighted by molar-refractivity contribution is -0.115. The highest BCUT2D eigenvalue weighted by Gasteiger charge is 2.12. The van der Waals surface area contributed by atoms with Crippen LogP contribution in [0.25, 0.3) is 11.0 Å². The molecular weight excluding hydrogens is 318 g/mol. The zero-order valence-electron chi connectivity index (χ0n) is 14.6. The second-order valence-corrected chi connectivity index (χ2v) is 5.77. The van der Waals surface area contributed by atoms with Gasteiger partial charge in [0.05, 0.1) is 26.9 Å². The molecule has 0 unspecified atom stereocenters. The first-order chi connectivity index (χ1) is 12.1. The molecule has 3 aromatic rings. The van der Waals surface area contributed by atoms with Gasteiger partial charge in [-0.25, -0.2) is 0 Å². The molecule has 0 saturated heterocycles. The molecule has 0 fully saturated rings. The highest BCUT2D eigenvalue weighted by Crippen LogP contribution is 2.27. The van der Waals surface area contributed by atoms with E-state index >= 15 is 0 Å². The van der Waals surface area contributed by atoms with Gasteiger partial charge in [0.1, 0.15) is 17.1 Å². The highest BCUT2D eigenvalue weighted by molar-refractivity contribution is 5.95. The molecule has 0 aliphatic carbocycles. The molecule has 0 spiro atoms. The van der Waals surface area contributed by atoms with Crippen LogP contribution in [0.2, 0.25) is 0 Å². The third kappa shape index (κ3) is 3.76. The highest BCUT2D eigenvalue weighted by atomic mass is 16.5. The molecule has 0 bridgehead atoms. The average molecular weight is 339 g/mol. The normalized spacial score (nSPS) is 10.7. The number of anilines is 1. The quantitative estimate of drug-likeness (QED) is 0.731. The standard InChI is InChI=1S/C20H21NO4/c1-4-13-5-6-18-14(12-25-19(18)7-13)8-20(22)21-15-9-16(23-2)11-17(10-15)24-3/h5-7,9-12H,4,8H2,1-3H3,(H,21,22). The largest absolute Gasteiger partial charge is 0.497 e. The lowest BCUT2D eigenvalue weighted by Gasteiger charge is -2.09. The summed E-state index contributed by atoms with van der Waals surface area (Å²) in [7, 11) is 3.14. The van der Waals surface area contributed by atoms with Crippen LogP contribution in [-0.2, 0) is 17.6 Å². The molecule has 3 rings (SSSR count). The van der Waals surface area contributed by atoms with Crippen molar-refractivity contribution in [2.24, 2.45) is 0 Å². The summed E-state index contributed by atoms with van der Waals surface area (Å²) >= 11 is 0. The fourth-order valence-electron chi connectivity index (χ4n) is 2.74. The summed E-state index contributed by atoms with van der Waals surface area (Å²) in [6.45, 7) is 2.10. The first-order valence-electron chi connectivity index (χ1n) is 8.15. The Hall–Kier alpha value is -2.95. The van der Waals surface area contributed by atoms with E-state index in [9.17, 15) is 4.79 Å². The van der Waals surface area contributed by atoms with E-state index in [0.29, 0.717) is 17.2 Å². The van der Waals surface area contributed by atoms with Gasteiger partial charge in [-0.1, -0.05) is 19.1 Å². The molecule has 1 amide bonds. The Morgan fingerprint density at radius 2 is 1.80 bits per heavy atom. The summed E-state index contributed by atoms with van der Waals surface area (Å²) in [5.74, 6) is 1.11. The average Bonchev–Trinajstić information content (AvgIpc) is 3.03. The van der Waals surface area contributed by atoms with Gasteiger partial charge in [0.2, 0.25) is 5.91 Å². The van der Waals surface area contributed by atoms with Crippen LogP contribution in [0.5, 0.6) is 11.5 Å². The number of hydrogen-bond acceptors (Lipinski definition) is 4. The van der Waals surface area contributed by atoms with E-state index in [-0.39, 0.29) is 12.3 Å². The van der Waals surface area contributed by atoms with E-state index in [1.807, 2.05) is 12.1 Å². The van der Waals surface area contributed by atoms with Crippen LogP contribution in [0.1, 0.15) is 18.1 Å². The Balaban J connectivity index is 1.77. The lowest BCUT2D eigenvalue weighted by atomic mass is 10.1. The van der Waals surface area contributed by atoms with Crippen molar-refractivity contribution < 1.29 is 18.7 Å². The summed E-state index contributed by atoms with van der Waals surface area (Å²) in [5.41, 5.74) is 3.51. The zero-order chi connectivity index (χ0) is 17.8. The number of carbonyl (C=O) groups excluding carboxylic acids is 1. The van der Waals surface area contributed by atoms with Gasteiger partial charge in [0, 0.05) is 34.8 Å². The minimum absolute atomic E-state index is 0.127. The van der Waals surface area contributed by atoms with Crippen molar-refractivity contribution in [2.75, 3.05) is 19.5 Å². The number of aryl methyl sites for hydroxylation is 1. The van der Waals surface area contributed by atoms with Gasteiger partial charge in [-0.3, -0.25) is 4.79 Å². The number of methoxy groups -OCH3 is 2. The van der Waals surface area contributed by atoms with Gasteiger partial charge in [-0.05, 0) is 18.1 Å². The summed E-state index contributed by atoms with van der Waals surface area (Å²) in [4.78, 5) is 12.4. The third-order valence-electron chi connectivity index (χ3n) is 4.11. The minimum Gasteiger partial charge on any atom is -0.497 e. The number of fused-ring (bicyclic) bond motifs is 1. The topological polar surface area (TPSA) is 60.7 Å². The maximum Gasteiger partial charge on any atom is 0.228 e. The fraction of sp³-hybridized carbons (Fsp3) is 0.250. The summed E-state index contributed by atoms with van der Waals surface area (Å²) in [5, 5.41) is 3.84. The third-order valence-corrected chi connectivity index (χ3v) is 4.11. The second kappa shape index (κ2) is 7.30. The number of carbonyl (C=O) groups is 1. The van der Waals surface area contributed by atoms with E-state index in [2.05, 4.69) is 18.3 Å². The van der Waals surface area contributed by atoms with Gasteiger partial charge < -0.3 is 19.2 Å². The van der Waals surface area contributed by atoms with Crippen molar-refractivity contribution in [1.82, 2.24) is 0 Å². The van der Waals surface area contributed by atoms with Crippen molar-refractivity contribution in [3.05, 3.63) is 53.8 Å². The molecule has 5 heteroatoms. The number of benzene rings is 2. The number of hydrogen-bond donors (Lipinski definition) is 1. The van der Waals surface area contributed by atoms with Crippen molar-refractivity contribution in [1.29, 1.82) is 0 Å². The summed E-state index contributed by atoms with van der Waals surface area (Å²) in [6, 6.07) is 11.3. The fourth-order valence-corrected chi connectivity index (χ4v) is 2.74. The molecule has 0 atom stereocenters. The molecular formula is C20H21NO4. The number of rotatable bonds is 6. The molecule has 0 saturated carbocycles. The van der Waals surface area contributed by atoms with Crippen LogP contribution in [0, 0.1) is 0 Å². The maximum atomic E-state index is 12.4. The van der Waals surface area contributed by atoms with E-state index in [0.717, 1.165) is 23.0 Å². The lowest BCUT2D eigenvalue weighted by Crippen LogP contribution is -2.14. The molecule has 1 N–H and O–H groups in total. The molecule has 130 valence electrons. The predicted octanol–water partition coefficient (Wildman–Crippen LogP) is 4.19. The van der Waals surface area contributed by atoms with Gasteiger partial charge in [-0.2, -0.15) is 0 Å². The monoisotopic (exact) mass is 339 g/mol. The molecule has 0 aliphatic rings. The molecule has 1 heterocycles. The summed E-state index contributed by atoms with van der Waals surface area (Å²) in [6.07, 6.45) is 2.83. The van der Waals surface area contributed by atoms with E-state index < -0.39 is 0 Å². The van der Waals surface area contributed by atoms with Crippen LogP contribution in [0.15, 0.2) is 47.1 Å². The van der Waals surface area contributed by atoms with Crippen LogP contribution < -0.4 is 14.8 Å². The van der Waals surface area contributed by atoms with Crippen molar-refractivity contribution >= 4 is 22.6 Å². The predicted molar refractivity (Wildman–Crippen MR) is 97.5 cm³/mol. The molecule has 2 aromatic carbocycles. The maximum absolute atomic E-state index is 12.4. The van der Waals surface area contributed by atoms with Gasteiger partial charge in [-0.15, -0.1) is 0 Å². The summed E-state index contributed by atoms with van der Waals surface area (Å²) < 4.78 is 16.0. The molecule has 0 aliphatic heterocycles. The number of amides is 1. The number of ether oxygens (including phenoxy) is 2. The minimum atomic E-state index is -0.127. The SMILES string of the molecule is CCc1ccc2c(CC(=O)Nc3cc(OC)cc(OC)c3)coc2c1. The molecule has 0 radical (unpaired) electrons. The Labute approximate surface area is 146 Å². The van der Waals surface area contributed by atoms with Crippen LogP contribution in [0.4, 0.5) is 5.69 Å². The second-order valence-electron chi connectivity index (χ2n) is 5.77. The van der Waals surface area contributed by atoms with Gasteiger partial charge in [0.15, 0.2) is 0 Å². The molecule has 25 heavy (non-hydrogen) atoms. The first kappa shape index (κ1) is 16.9. The molecule has 1 aromatic heterocycles. The van der Waals surface area contributed by atoms with Gasteiger partial charge in [0.25, 0.3) is 0 Å². The first-order valence-corrected chi connectivity index (χ1v) is 8.15. The Morgan fingerprint density at radius 1 is 1.08 bits per heavy atom. The Kier molecular flexibility index (Phi) is 4.93. The zero-order valence-corrected chi connectivity index (χ0v) is 14.6. The number of nitrogens with one attached hydrogen (secondary N) is 1. The Bertz CT molecular complexity index is 876. The van der Waals surface area contributed by atoms with E-state index in [1.165, 1.54) is 5.56 Å². The molecule has 5 nitrogen and oxygen atoms in total. The van der Waals surface area contributed by atoms with E-state index in [1.54, 1.807) is 38.7 Å². The van der Waals surface area contributed by atoms with Crippen LogP contribution >= 0.6 is 0 Å². The Morgan fingerprint density at radius 3 is 2.44 bits per heavy atom. The van der Waals surface area contributed by atoms with Crippen molar-refractivity contribution in [3.63, 3.8) is 0 Å².